The second-order valence-corrected chi connectivity index (χ2v) is 6.47. The zero-order valence-electron chi connectivity index (χ0n) is 15.4. The summed E-state index contributed by atoms with van der Waals surface area (Å²) in [6, 6.07) is 18.7. The van der Waals surface area contributed by atoms with Crippen molar-refractivity contribution in [3.63, 3.8) is 0 Å². The van der Waals surface area contributed by atoms with Crippen molar-refractivity contribution >= 4 is 11.6 Å². The number of aromatic nitrogens is 3. The molecule has 0 unspecified atom stereocenters. The van der Waals surface area contributed by atoms with Crippen molar-refractivity contribution in [2.24, 2.45) is 0 Å². The van der Waals surface area contributed by atoms with Gasteiger partial charge in [0.05, 0.1) is 5.69 Å². The van der Waals surface area contributed by atoms with Gasteiger partial charge in [0, 0.05) is 11.3 Å². The molecule has 1 N–H and O–H groups in total. The predicted molar refractivity (Wildman–Crippen MR) is 106 cm³/mol. The number of halogens is 2. The molecule has 29 heavy (non-hydrogen) atoms. The lowest BCUT2D eigenvalue weighted by molar-refractivity contribution is 0.101. The average Bonchev–Trinajstić information content (AvgIpc) is 3.16. The molecule has 0 aliphatic carbocycles. The molecule has 0 aliphatic rings. The summed E-state index contributed by atoms with van der Waals surface area (Å²) >= 11 is 0. The minimum absolute atomic E-state index is 0.0609. The fourth-order valence-corrected chi connectivity index (χ4v) is 2.78. The maximum absolute atomic E-state index is 13.3. The van der Waals surface area contributed by atoms with E-state index in [0.717, 1.165) is 11.1 Å². The van der Waals surface area contributed by atoms with Gasteiger partial charge in [-0.1, -0.05) is 29.8 Å². The van der Waals surface area contributed by atoms with E-state index >= 15 is 0 Å². The molecule has 144 valence electrons. The Hall–Kier alpha value is -3.87. The highest BCUT2D eigenvalue weighted by Gasteiger charge is 2.19. The van der Waals surface area contributed by atoms with Gasteiger partial charge in [0.25, 0.3) is 5.91 Å². The highest BCUT2D eigenvalue weighted by atomic mass is 19.1. The molecule has 7 heteroatoms. The van der Waals surface area contributed by atoms with Crippen molar-refractivity contribution in [3.8, 4) is 17.1 Å². The van der Waals surface area contributed by atoms with E-state index in [-0.39, 0.29) is 11.6 Å². The second kappa shape index (κ2) is 7.63. The third-order valence-corrected chi connectivity index (χ3v) is 4.29. The maximum atomic E-state index is 13.3. The third-order valence-electron chi connectivity index (χ3n) is 4.29. The van der Waals surface area contributed by atoms with Gasteiger partial charge in [-0.2, -0.15) is 0 Å². The van der Waals surface area contributed by atoms with E-state index in [0.29, 0.717) is 17.2 Å². The number of nitrogens with zero attached hydrogens (tertiary/aromatic N) is 3. The number of rotatable bonds is 4. The number of benzene rings is 3. The zero-order valence-corrected chi connectivity index (χ0v) is 15.4. The molecule has 0 saturated carbocycles. The SMILES string of the molecule is Cc1ccc(-c2nc(C(=O)Nc3ccc(F)cc3)nn2-c2ccc(F)cc2)cc1. The Kier molecular flexibility index (Phi) is 4.87. The van der Waals surface area contributed by atoms with Crippen LogP contribution in [-0.2, 0) is 0 Å². The Morgan fingerprint density at radius 2 is 1.45 bits per heavy atom. The first-order valence-electron chi connectivity index (χ1n) is 8.86. The minimum atomic E-state index is -0.536. The van der Waals surface area contributed by atoms with E-state index < -0.39 is 11.7 Å². The van der Waals surface area contributed by atoms with Crippen molar-refractivity contribution in [1.82, 2.24) is 14.8 Å². The molecule has 3 aromatic carbocycles. The van der Waals surface area contributed by atoms with Crippen molar-refractivity contribution in [1.29, 1.82) is 0 Å². The number of amides is 1. The molecule has 1 aromatic heterocycles. The van der Waals surface area contributed by atoms with Crippen LogP contribution in [0.1, 0.15) is 16.2 Å². The van der Waals surface area contributed by atoms with Gasteiger partial charge in [0.15, 0.2) is 5.82 Å². The van der Waals surface area contributed by atoms with Crippen LogP contribution in [0.3, 0.4) is 0 Å². The normalized spacial score (nSPS) is 10.7. The lowest BCUT2D eigenvalue weighted by atomic mass is 10.1. The lowest BCUT2D eigenvalue weighted by Crippen LogP contribution is -2.14. The largest absolute Gasteiger partial charge is 0.319 e. The van der Waals surface area contributed by atoms with Gasteiger partial charge >= 0.3 is 0 Å². The van der Waals surface area contributed by atoms with Gasteiger partial charge < -0.3 is 5.32 Å². The summed E-state index contributed by atoms with van der Waals surface area (Å²) < 4.78 is 27.9. The van der Waals surface area contributed by atoms with Crippen LogP contribution in [0.25, 0.3) is 17.1 Å². The van der Waals surface area contributed by atoms with Crippen LogP contribution in [-0.4, -0.2) is 20.7 Å². The summed E-state index contributed by atoms with van der Waals surface area (Å²) in [6.07, 6.45) is 0. The number of hydrogen-bond acceptors (Lipinski definition) is 3. The Morgan fingerprint density at radius 1 is 0.862 bits per heavy atom. The van der Waals surface area contributed by atoms with Crippen LogP contribution in [0.2, 0.25) is 0 Å². The average molecular weight is 390 g/mol. The van der Waals surface area contributed by atoms with Crippen molar-refractivity contribution in [2.75, 3.05) is 5.32 Å². The Morgan fingerprint density at radius 3 is 2.07 bits per heavy atom. The monoisotopic (exact) mass is 390 g/mol. The van der Waals surface area contributed by atoms with Crippen LogP contribution in [0, 0.1) is 18.6 Å². The highest BCUT2D eigenvalue weighted by Crippen LogP contribution is 2.22. The molecule has 0 bridgehead atoms. The van der Waals surface area contributed by atoms with Crippen molar-refractivity contribution < 1.29 is 13.6 Å². The van der Waals surface area contributed by atoms with Gasteiger partial charge in [-0.15, -0.1) is 5.10 Å². The zero-order chi connectivity index (χ0) is 20.4. The van der Waals surface area contributed by atoms with Crippen molar-refractivity contribution in [3.05, 3.63) is 95.8 Å². The van der Waals surface area contributed by atoms with Gasteiger partial charge in [0.2, 0.25) is 5.82 Å². The lowest BCUT2D eigenvalue weighted by Gasteiger charge is -2.06. The molecule has 0 saturated heterocycles. The number of hydrogen-bond donors (Lipinski definition) is 1. The standard InChI is InChI=1S/C22H16F2N4O/c1-14-2-4-15(5-3-14)21-26-20(22(29)25-18-10-6-16(23)7-11-18)27-28(21)19-12-8-17(24)9-13-19/h2-13H,1H3,(H,25,29). The molecular weight excluding hydrogens is 374 g/mol. The van der Waals surface area contributed by atoms with Crippen LogP contribution >= 0.6 is 0 Å². The van der Waals surface area contributed by atoms with E-state index in [9.17, 15) is 13.6 Å². The molecule has 0 radical (unpaired) electrons. The smallest absolute Gasteiger partial charge is 0.295 e. The fourth-order valence-electron chi connectivity index (χ4n) is 2.78. The van der Waals surface area contributed by atoms with E-state index in [2.05, 4.69) is 15.4 Å². The summed E-state index contributed by atoms with van der Waals surface area (Å²) in [5.41, 5.74) is 2.82. The summed E-state index contributed by atoms with van der Waals surface area (Å²) in [5.74, 6) is -0.927. The van der Waals surface area contributed by atoms with E-state index in [1.54, 1.807) is 12.1 Å². The van der Waals surface area contributed by atoms with Crippen LogP contribution in [0.4, 0.5) is 14.5 Å². The molecule has 5 nitrogen and oxygen atoms in total. The predicted octanol–water partition coefficient (Wildman–Crippen LogP) is 4.77. The van der Waals surface area contributed by atoms with E-state index in [1.807, 2.05) is 31.2 Å². The molecule has 0 aliphatic heterocycles. The molecular formula is C22H16F2N4O. The van der Waals surface area contributed by atoms with Gasteiger partial charge in [0.1, 0.15) is 11.6 Å². The molecule has 1 amide bonds. The second-order valence-electron chi connectivity index (χ2n) is 6.47. The first kappa shape index (κ1) is 18.5. The topological polar surface area (TPSA) is 59.8 Å². The van der Waals surface area contributed by atoms with Gasteiger partial charge in [-0.05, 0) is 55.5 Å². The number of nitrogens with one attached hydrogen (secondary N) is 1. The first-order chi connectivity index (χ1) is 14.0. The van der Waals surface area contributed by atoms with Gasteiger partial charge in [-0.25, -0.2) is 18.4 Å². The van der Waals surface area contributed by atoms with Crippen LogP contribution in [0.5, 0.6) is 0 Å². The fraction of sp³-hybridized carbons (Fsp3) is 0.0455. The summed E-state index contributed by atoms with van der Waals surface area (Å²) in [5, 5.41) is 6.96. The number of carbonyl (C=O) groups excluding carboxylic acids is 1. The maximum Gasteiger partial charge on any atom is 0.295 e. The molecule has 0 fully saturated rings. The Balaban J connectivity index is 1.74. The third kappa shape index (κ3) is 4.03. The minimum Gasteiger partial charge on any atom is -0.319 e. The first-order valence-corrected chi connectivity index (χ1v) is 8.86. The molecule has 4 rings (SSSR count). The number of anilines is 1. The Labute approximate surface area is 165 Å². The summed E-state index contributed by atoms with van der Waals surface area (Å²) in [6.45, 7) is 1.97. The van der Waals surface area contributed by atoms with Crippen LogP contribution in [0.15, 0.2) is 72.8 Å². The van der Waals surface area contributed by atoms with Crippen LogP contribution < -0.4 is 5.32 Å². The Bertz CT molecular complexity index is 1090. The van der Waals surface area contributed by atoms with Gasteiger partial charge in [-0.3, -0.25) is 4.79 Å². The highest BCUT2D eigenvalue weighted by molar-refractivity contribution is 6.01. The summed E-state index contributed by atoms with van der Waals surface area (Å²) in [4.78, 5) is 17.0. The molecule has 4 aromatic rings. The molecule has 0 spiro atoms. The number of aryl methyl sites for hydroxylation is 1. The quantitative estimate of drug-likeness (QED) is 0.546. The van der Waals surface area contributed by atoms with E-state index in [4.69, 9.17) is 0 Å². The number of carbonyl (C=O) groups is 1. The molecule has 0 atom stereocenters. The van der Waals surface area contributed by atoms with Crippen molar-refractivity contribution in [2.45, 2.75) is 6.92 Å². The molecule has 1 heterocycles. The summed E-state index contributed by atoms with van der Waals surface area (Å²) in [7, 11) is 0. The van der Waals surface area contributed by atoms with E-state index in [1.165, 1.54) is 41.1 Å².